The fourth-order valence-corrected chi connectivity index (χ4v) is 3.07. The fourth-order valence-electron chi connectivity index (χ4n) is 3.07. The summed E-state index contributed by atoms with van der Waals surface area (Å²) < 4.78 is 37.2. The molecule has 0 N–H and O–H groups in total. The van der Waals surface area contributed by atoms with Crippen LogP contribution in [0.4, 0.5) is 20.3 Å². The van der Waals surface area contributed by atoms with Gasteiger partial charge in [0.05, 0.1) is 17.4 Å². The molecule has 9 nitrogen and oxygen atoms in total. The lowest BCUT2D eigenvalue weighted by Gasteiger charge is -2.31. The molecule has 1 aliphatic rings. The summed E-state index contributed by atoms with van der Waals surface area (Å²) in [7, 11) is 0. The van der Waals surface area contributed by atoms with E-state index in [2.05, 4.69) is 9.97 Å². The zero-order valence-electron chi connectivity index (χ0n) is 15.5. The Kier molecular flexibility index (Phi) is 6.15. The van der Waals surface area contributed by atoms with Gasteiger partial charge in [0, 0.05) is 19.2 Å². The minimum Gasteiger partial charge on any atom is -0.466 e. The summed E-state index contributed by atoms with van der Waals surface area (Å²) in [6.45, 7) is 2.69. The van der Waals surface area contributed by atoms with Gasteiger partial charge in [-0.1, -0.05) is 0 Å². The van der Waals surface area contributed by atoms with E-state index in [9.17, 15) is 23.7 Å². The first-order chi connectivity index (χ1) is 13.9. The van der Waals surface area contributed by atoms with Gasteiger partial charge in [-0.25, -0.2) is 13.8 Å². The van der Waals surface area contributed by atoms with Gasteiger partial charge in [-0.3, -0.25) is 14.9 Å². The standard InChI is InChI=1S/C18H18F2N4O5/c1-2-28-18(25)11-5-7-23(8-6-11)16-15(24(26)27)17(22-10-21-16)29-14-4-3-12(19)9-13(14)20/h3-4,9-11H,2,5-8H2,1H3. The van der Waals surface area contributed by atoms with Crippen molar-refractivity contribution in [3.63, 3.8) is 0 Å². The van der Waals surface area contributed by atoms with E-state index in [1.807, 2.05) is 0 Å². The first-order valence-electron chi connectivity index (χ1n) is 8.94. The number of esters is 1. The average Bonchev–Trinajstić information content (AvgIpc) is 2.70. The van der Waals surface area contributed by atoms with Crippen LogP contribution in [-0.2, 0) is 9.53 Å². The number of nitro groups is 1. The molecule has 0 unspecified atom stereocenters. The zero-order chi connectivity index (χ0) is 21.0. The molecule has 0 bridgehead atoms. The predicted molar refractivity (Wildman–Crippen MR) is 96.7 cm³/mol. The maximum atomic E-state index is 13.9. The van der Waals surface area contributed by atoms with E-state index in [1.54, 1.807) is 11.8 Å². The zero-order valence-corrected chi connectivity index (χ0v) is 15.5. The third kappa shape index (κ3) is 4.55. The molecule has 2 heterocycles. The number of nitrogens with zero attached hydrogens (tertiary/aromatic N) is 4. The number of halogens is 2. The Morgan fingerprint density at radius 1 is 1.31 bits per heavy atom. The Hall–Kier alpha value is -3.37. The maximum absolute atomic E-state index is 13.9. The Morgan fingerprint density at radius 3 is 2.66 bits per heavy atom. The van der Waals surface area contributed by atoms with Crippen molar-refractivity contribution in [1.29, 1.82) is 0 Å². The largest absolute Gasteiger partial charge is 0.466 e. The summed E-state index contributed by atoms with van der Waals surface area (Å²) >= 11 is 0. The highest BCUT2D eigenvalue weighted by atomic mass is 19.1. The quantitative estimate of drug-likeness (QED) is 0.407. The summed E-state index contributed by atoms with van der Waals surface area (Å²) in [4.78, 5) is 32.2. The van der Waals surface area contributed by atoms with Crippen molar-refractivity contribution in [2.45, 2.75) is 19.8 Å². The van der Waals surface area contributed by atoms with Crippen molar-refractivity contribution in [1.82, 2.24) is 9.97 Å². The number of benzene rings is 1. The lowest BCUT2D eigenvalue weighted by molar-refractivity contribution is -0.385. The van der Waals surface area contributed by atoms with Crippen LogP contribution in [0.1, 0.15) is 19.8 Å². The molecule has 3 rings (SSSR count). The van der Waals surface area contributed by atoms with Crippen LogP contribution in [-0.4, -0.2) is 40.6 Å². The number of anilines is 1. The lowest BCUT2D eigenvalue weighted by Crippen LogP contribution is -2.37. The second-order valence-electron chi connectivity index (χ2n) is 6.30. The van der Waals surface area contributed by atoms with E-state index < -0.39 is 33.9 Å². The van der Waals surface area contributed by atoms with Crippen LogP contribution in [0.25, 0.3) is 0 Å². The summed E-state index contributed by atoms with van der Waals surface area (Å²) in [5.41, 5.74) is -0.536. The molecule has 0 radical (unpaired) electrons. The minimum atomic E-state index is -1.02. The summed E-state index contributed by atoms with van der Waals surface area (Å²) in [5, 5.41) is 11.7. The van der Waals surface area contributed by atoms with Crippen molar-refractivity contribution in [2.24, 2.45) is 5.92 Å². The van der Waals surface area contributed by atoms with E-state index in [0.29, 0.717) is 32.0 Å². The van der Waals surface area contributed by atoms with Crippen molar-refractivity contribution < 1.29 is 28.0 Å². The van der Waals surface area contributed by atoms with Gasteiger partial charge in [-0.2, -0.15) is 4.98 Å². The molecule has 1 aliphatic heterocycles. The fraction of sp³-hybridized carbons (Fsp3) is 0.389. The number of hydrogen-bond acceptors (Lipinski definition) is 8. The number of piperidine rings is 1. The third-order valence-corrected chi connectivity index (χ3v) is 4.47. The normalized spacial score (nSPS) is 14.5. The van der Waals surface area contributed by atoms with Gasteiger partial charge in [0.2, 0.25) is 5.82 Å². The highest BCUT2D eigenvalue weighted by Crippen LogP contribution is 2.38. The molecule has 0 spiro atoms. The molecule has 29 heavy (non-hydrogen) atoms. The van der Waals surface area contributed by atoms with Gasteiger partial charge < -0.3 is 14.4 Å². The van der Waals surface area contributed by atoms with Gasteiger partial charge >= 0.3 is 17.5 Å². The van der Waals surface area contributed by atoms with Crippen molar-refractivity contribution >= 4 is 17.5 Å². The maximum Gasteiger partial charge on any atom is 0.373 e. The molecule has 1 aromatic heterocycles. The Balaban J connectivity index is 1.84. The monoisotopic (exact) mass is 408 g/mol. The molecular formula is C18H18F2N4O5. The number of carbonyl (C=O) groups is 1. The van der Waals surface area contributed by atoms with Crippen LogP contribution in [0.15, 0.2) is 24.5 Å². The third-order valence-electron chi connectivity index (χ3n) is 4.47. The number of aromatic nitrogens is 2. The van der Waals surface area contributed by atoms with Gasteiger partial charge in [0.1, 0.15) is 12.1 Å². The first-order valence-corrected chi connectivity index (χ1v) is 8.94. The van der Waals surface area contributed by atoms with E-state index in [-0.39, 0.29) is 24.3 Å². The number of carbonyl (C=O) groups excluding carboxylic acids is 1. The number of hydrogen-bond donors (Lipinski definition) is 0. The Labute approximate surface area is 164 Å². The SMILES string of the molecule is CCOC(=O)C1CCN(c2ncnc(Oc3ccc(F)cc3F)c2[N+](=O)[O-])CC1. The molecule has 1 aromatic carbocycles. The molecule has 0 amide bonds. The van der Waals surface area contributed by atoms with Gasteiger partial charge in [-0.05, 0) is 31.9 Å². The first kappa shape index (κ1) is 20.4. The summed E-state index contributed by atoms with van der Waals surface area (Å²) in [6, 6.07) is 2.58. The van der Waals surface area contributed by atoms with Gasteiger partial charge in [-0.15, -0.1) is 0 Å². The second-order valence-corrected chi connectivity index (χ2v) is 6.30. The van der Waals surface area contributed by atoms with E-state index in [0.717, 1.165) is 18.5 Å². The van der Waals surface area contributed by atoms with Crippen LogP contribution < -0.4 is 9.64 Å². The molecule has 0 saturated carbocycles. The molecule has 0 atom stereocenters. The molecule has 154 valence electrons. The molecule has 1 saturated heterocycles. The van der Waals surface area contributed by atoms with Crippen molar-refractivity contribution in [3.05, 3.63) is 46.3 Å². The molecule has 0 aliphatic carbocycles. The van der Waals surface area contributed by atoms with Crippen LogP contribution in [0, 0.1) is 27.7 Å². The molecule has 2 aromatic rings. The minimum absolute atomic E-state index is 0.00447. The van der Waals surface area contributed by atoms with E-state index >= 15 is 0 Å². The molecule has 1 fully saturated rings. The Bertz CT molecular complexity index is 919. The van der Waals surface area contributed by atoms with Crippen LogP contribution in [0.3, 0.4) is 0 Å². The topological polar surface area (TPSA) is 108 Å². The van der Waals surface area contributed by atoms with Gasteiger partial charge in [0.15, 0.2) is 11.6 Å². The van der Waals surface area contributed by atoms with Crippen molar-refractivity contribution in [2.75, 3.05) is 24.6 Å². The Morgan fingerprint density at radius 2 is 2.03 bits per heavy atom. The smallest absolute Gasteiger partial charge is 0.373 e. The van der Waals surface area contributed by atoms with E-state index in [4.69, 9.17) is 9.47 Å². The van der Waals surface area contributed by atoms with Crippen molar-refractivity contribution in [3.8, 4) is 11.6 Å². The highest BCUT2D eigenvalue weighted by Gasteiger charge is 2.33. The predicted octanol–water partition coefficient (Wildman–Crippen LogP) is 3.23. The number of rotatable bonds is 6. The molecular weight excluding hydrogens is 390 g/mol. The average molecular weight is 408 g/mol. The number of ether oxygens (including phenoxy) is 2. The van der Waals surface area contributed by atoms with Crippen LogP contribution >= 0.6 is 0 Å². The summed E-state index contributed by atoms with van der Waals surface area (Å²) in [5.74, 6) is -3.26. The second kappa shape index (κ2) is 8.76. The van der Waals surface area contributed by atoms with Crippen LogP contribution in [0.2, 0.25) is 0 Å². The van der Waals surface area contributed by atoms with Gasteiger partial charge in [0.25, 0.3) is 0 Å². The lowest BCUT2D eigenvalue weighted by atomic mass is 9.97. The van der Waals surface area contributed by atoms with Crippen LogP contribution in [0.5, 0.6) is 11.6 Å². The molecule has 11 heteroatoms. The summed E-state index contributed by atoms with van der Waals surface area (Å²) in [6.07, 6.45) is 1.96. The van der Waals surface area contributed by atoms with E-state index in [1.165, 1.54) is 0 Å². The highest BCUT2D eigenvalue weighted by molar-refractivity contribution is 5.73.